The van der Waals surface area contributed by atoms with E-state index in [9.17, 15) is 14.9 Å². The van der Waals surface area contributed by atoms with Crippen molar-refractivity contribution in [1.82, 2.24) is 9.47 Å². The van der Waals surface area contributed by atoms with E-state index >= 15 is 0 Å². The van der Waals surface area contributed by atoms with E-state index in [4.69, 9.17) is 12.2 Å². The zero-order chi connectivity index (χ0) is 28.9. The van der Waals surface area contributed by atoms with Crippen molar-refractivity contribution in [3.8, 4) is 6.07 Å². The molecule has 3 fully saturated rings. The minimum atomic E-state index is -0.230. The number of anilines is 1. The van der Waals surface area contributed by atoms with Gasteiger partial charge in [-0.05, 0) is 68.6 Å². The largest absolute Gasteiger partial charge is 0.357 e. The first-order valence-electron chi connectivity index (χ1n) is 15.2. The Morgan fingerprint density at radius 3 is 2.44 bits per heavy atom. The fourth-order valence-electron chi connectivity index (χ4n) is 6.57. The zero-order valence-electron chi connectivity index (χ0n) is 24.2. The summed E-state index contributed by atoms with van der Waals surface area (Å²) in [5.74, 6) is 1.39. The van der Waals surface area contributed by atoms with Gasteiger partial charge in [0.2, 0.25) is 0 Å². The van der Waals surface area contributed by atoms with Crippen LogP contribution in [-0.4, -0.2) is 38.8 Å². The van der Waals surface area contributed by atoms with Gasteiger partial charge in [-0.15, -0.1) is 0 Å². The number of carbonyl (C=O) groups is 1. The second-order valence-electron chi connectivity index (χ2n) is 11.6. The lowest BCUT2D eigenvalue weighted by atomic mass is 9.90. The standard InChI is InChI=1S/C33H40N4O2S2/c1-3-4-17-36-30(35-18-15-25(16-19-35)20-24-11-7-5-8-12-24)27(23(2)28(22-34)31(36)38)21-29-32(39)37(33(40)41-29)26-13-9-6-10-14-26/h5,7-8,11-12,21,25-26H,3-4,6,9-10,13-20H2,1-2H3/b29-21-. The van der Waals surface area contributed by atoms with Gasteiger partial charge in [0.1, 0.15) is 21.8 Å². The highest BCUT2D eigenvalue weighted by Gasteiger charge is 2.38. The van der Waals surface area contributed by atoms with Crippen LogP contribution in [0.5, 0.6) is 0 Å². The third kappa shape index (κ3) is 6.32. The van der Waals surface area contributed by atoms with E-state index in [1.165, 1.54) is 23.7 Å². The molecular weight excluding hydrogens is 549 g/mol. The number of pyridine rings is 1. The van der Waals surface area contributed by atoms with E-state index in [0.29, 0.717) is 27.3 Å². The van der Waals surface area contributed by atoms with Crippen molar-refractivity contribution < 1.29 is 4.79 Å². The third-order valence-corrected chi connectivity index (χ3v) is 10.2. The molecule has 0 radical (unpaired) electrons. The molecule has 41 heavy (non-hydrogen) atoms. The van der Waals surface area contributed by atoms with Crippen LogP contribution in [0.25, 0.3) is 6.08 Å². The molecule has 8 heteroatoms. The second-order valence-corrected chi connectivity index (χ2v) is 13.3. The van der Waals surface area contributed by atoms with Gasteiger partial charge in [0.25, 0.3) is 11.5 Å². The minimum Gasteiger partial charge on any atom is -0.357 e. The summed E-state index contributed by atoms with van der Waals surface area (Å²) in [6, 6.07) is 13.0. The van der Waals surface area contributed by atoms with E-state index in [0.717, 1.165) is 82.3 Å². The van der Waals surface area contributed by atoms with Crippen molar-refractivity contribution in [3.63, 3.8) is 0 Å². The van der Waals surface area contributed by atoms with Gasteiger partial charge < -0.3 is 4.90 Å². The summed E-state index contributed by atoms with van der Waals surface area (Å²) in [6.45, 7) is 6.17. The van der Waals surface area contributed by atoms with Gasteiger partial charge in [-0.2, -0.15) is 5.26 Å². The molecule has 1 aliphatic carbocycles. The number of nitriles is 1. The van der Waals surface area contributed by atoms with Gasteiger partial charge in [0.15, 0.2) is 0 Å². The molecule has 0 spiro atoms. The molecule has 2 aromatic rings. The molecule has 1 aromatic heterocycles. The summed E-state index contributed by atoms with van der Waals surface area (Å²) in [6.07, 6.45) is 12.2. The van der Waals surface area contributed by atoms with Crippen molar-refractivity contribution in [2.75, 3.05) is 18.0 Å². The molecule has 3 heterocycles. The molecule has 0 N–H and O–H groups in total. The molecular formula is C33H40N4O2S2. The lowest BCUT2D eigenvalue weighted by Gasteiger charge is -2.36. The molecule has 2 aliphatic heterocycles. The van der Waals surface area contributed by atoms with Crippen molar-refractivity contribution in [3.05, 3.63) is 67.8 Å². The number of thioether (sulfide) groups is 1. The fraction of sp³-hybridized carbons (Fsp3) is 0.515. The molecule has 0 atom stereocenters. The summed E-state index contributed by atoms with van der Waals surface area (Å²) < 4.78 is 2.43. The molecule has 2 saturated heterocycles. The van der Waals surface area contributed by atoms with Crippen LogP contribution in [0.1, 0.15) is 87.0 Å². The van der Waals surface area contributed by atoms with Crippen LogP contribution in [0.3, 0.4) is 0 Å². The molecule has 1 saturated carbocycles. The predicted molar refractivity (Wildman–Crippen MR) is 172 cm³/mol. The van der Waals surface area contributed by atoms with Gasteiger partial charge in [0, 0.05) is 31.2 Å². The molecule has 6 nitrogen and oxygen atoms in total. The Morgan fingerprint density at radius 1 is 1.07 bits per heavy atom. The fourth-order valence-corrected chi connectivity index (χ4v) is 7.95. The monoisotopic (exact) mass is 588 g/mol. The molecule has 1 amide bonds. The number of amides is 1. The number of thiocarbonyl (C=S) groups is 1. The average molecular weight is 589 g/mol. The first-order chi connectivity index (χ1) is 19.9. The van der Waals surface area contributed by atoms with Crippen LogP contribution in [-0.2, 0) is 17.8 Å². The SMILES string of the molecule is CCCCn1c(N2CCC(Cc3ccccc3)CC2)c(/C=C2\SC(=S)N(C3CCCCC3)C2=O)c(C)c(C#N)c1=O. The summed E-state index contributed by atoms with van der Waals surface area (Å²) >= 11 is 7.07. The van der Waals surface area contributed by atoms with Crippen LogP contribution in [0, 0.1) is 24.2 Å². The first-order valence-corrected chi connectivity index (χ1v) is 16.4. The molecule has 0 unspecified atom stereocenters. The van der Waals surface area contributed by atoms with Gasteiger partial charge >= 0.3 is 0 Å². The second kappa shape index (κ2) is 13.4. The molecule has 3 aliphatic rings. The zero-order valence-corrected chi connectivity index (χ0v) is 25.9. The maximum atomic E-state index is 13.7. The number of piperidine rings is 1. The van der Waals surface area contributed by atoms with Crippen molar-refractivity contribution in [2.45, 2.75) is 90.6 Å². The normalized spacial score (nSPS) is 19.8. The topological polar surface area (TPSA) is 69.3 Å². The van der Waals surface area contributed by atoms with Crippen LogP contribution >= 0.6 is 24.0 Å². The smallest absolute Gasteiger partial charge is 0.270 e. The number of hydrogen-bond acceptors (Lipinski definition) is 6. The summed E-state index contributed by atoms with van der Waals surface area (Å²) in [5, 5.41) is 10.0. The lowest BCUT2D eigenvalue weighted by molar-refractivity contribution is -0.124. The molecule has 0 bridgehead atoms. The molecule has 1 aromatic carbocycles. The Hall–Kier alpha value is -2.89. The van der Waals surface area contributed by atoms with E-state index < -0.39 is 0 Å². The highest BCUT2D eigenvalue weighted by atomic mass is 32.2. The lowest BCUT2D eigenvalue weighted by Crippen LogP contribution is -2.40. The maximum absolute atomic E-state index is 13.7. The molecule has 5 rings (SSSR count). The van der Waals surface area contributed by atoms with Gasteiger partial charge in [0.05, 0.1) is 4.91 Å². The minimum absolute atomic E-state index is 0.0383. The Kier molecular flexibility index (Phi) is 9.67. The number of rotatable bonds is 8. The predicted octanol–water partition coefficient (Wildman–Crippen LogP) is 6.82. The van der Waals surface area contributed by atoms with Crippen LogP contribution < -0.4 is 10.5 Å². The highest BCUT2D eigenvalue weighted by molar-refractivity contribution is 8.26. The van der Waals surface area contributed by atoms with Crippen molar-refractivity contribution >= 4 is 46.1 Å². The van der Waals surface area contributed by atoms with E-state index in [-0.39, 0.29) is 23.1 Å². The number of unbranched alkanes of at least 4 members (excludes halogenated alkanes) is 1. The van der Waals surface area contributed by atoms with E-state index in [2.05, 4.69) is 48.2 Å². The summed E-state index contributed by atoms with van der Waals surface area (Å²) in [4.78, 5) is 32.1. The Labute approximate surface area is 253 Å². The Morgan fingerprint density at radius 2 is 1.78 bits per heavy atom. The number of hydrogen-bond donors (Lipinski definition) is 0. The average Bonchev–Trinajstić information content (AvgIpc) is 3.27. The third-order valence-electron chi connectivity index (χ3n) is 8.90. The van der Waals surface area contributed by atoms with Crippen LogP contribution in [0.2, 0.25) is 0 Å². The Balaban J connectivity index is 1.51. The van der Waals surface area contributed by atoms with E-state index in [1.807, 2.05) is 17.9 Å². The maximum Gasteiger partial charge on any atom is 0.270 e. The van der Waals surface area contributed by atoms with Crippen LogP contribution in [0.15, 0.2) is 40.0 Å². The number of carbonyl (C=O) groups excluding carboxylic acids is 1. The number of benzene rings is 1. The van der Waals surface area contributed by atoms with Gasteiger partial charge in [-0.1, -0.05) is 86.9 Å². The van der Waals surface area contributed by atoms with Crippen molar-refractivity contribution in [2.24, 2.45) is 5.92 Å². The first kappa shape index (κ1) is 29.6. The molecule has 216 valence electrons. The van der Waals surface area contributed by atoms with Gasteiger partial charge in [-0.3, -0.25) is 19.1 Å². The summed E-state index contributed by atoms with van der Waals surface area (Å²) in [5.41, 5.74) is 2.75. The highest BCUT2D eigenvalue weighted by Crippen LogP contribution is 2.39. The van der Waals surface area contributed by atoms with Crippen LogP contribution in [0.4, 0.5) is 5.82 Å². The van der Waals surface area contributed by atoms with Gasteiger partial charge in [-0.25, -0.2) is 0 Å². The Bertz CT molecular complexity index is 1410. The van der Waals surface area contributed by atoms with Crippen molar-refractivity contribution in [1.29, 1.82) is 5.26 Å². The summed E-state index contributed by atoms with van der Waals surface area (Å²) in [7, 11) is 0. The number of aromatic nitrogens is 1. The van der Waals surface area contributed by atoms with E-state index in [1.54, 1.807) is 4.57 Å². The number of nitrogens with zero attached hydrogens (tertiary/aromatic N) is 4. The quantitative estimate of drug-likeness (QED) is 0.249.